The number of ether oxygens (including phenoxy) is 1. The normalized spacial score (nSPS) is 19.0. The van der Waals surface area contributed by atoms with Gasteiger partial charge in [0.1, 0.15) is 5.75 Å². The summed E-state index contributed by atoms with van der Waals surface area (Å²) in [4.78, 5) is 12.4. The van der Waals surface area contributed by atoms with Gasteiger partial charge in [-0.05, 0) is 54.9 Å². The summed E-state index contributed by atoms with van der Waals surface area (Å²) in [6.07, 6.45) is 3.27. The first-order valence-corrected chi connectivity index (χ1v) is 9.64. The quantitative estimate of drug-likeness (QED) is 0.662. The zero-order valence-electron chi connectivity index (χ0n) is 15.7. The van der Waals surface area contributed by atoms with Gasteiger partial charge in [0.15, 0.2) is 0 Å². The lowest BCUT2D eigenvalue weighted by atomic mass is 10.0. The SMILES string of the molecule is CC1CC1C(NC(=O)CCCCOc1cccc(C#N)c1)c1ccccc1. The highest BCUT2D eigenvalue weighted by atomic mass is 16.5. The highest BCUT2D eigenvalue weighted by Crippen LogP contribution is 2.46. The first-order chi connectivity index (χ1) is 13.2. The van der Waals surface area contributed by atoms with Crippen LogP contribution in [-0.2, 0) is 4.79 Å². The molecule has 4 heteroatoms. The number of amides is 1. The number of carbonyl (C=O) groups excluding carboxylic acids is 1. The number of hydrogen-bond donors (Lipinski definition) is 1. The molecule has 2 aromatic carbocycles. The van der Waals surface area contributed by atoms with Crippen LogP contribution in [-0.4, -0.2) is 12.5 Å². The van der Waals surface area contributed by atoms with Crippen molar-refractivity contribution in [3.05, 3.63) is 65.7 Å². The van der Waals surface area contributed by atoms with Crippen molar-refractivity contribution in [3.8, 4) is 11.8 Å². The number of nitriles is 1. The van der Waals surface area contributed by atoms with Crippen LogP contribution in [0.5, 0.6) is 5.75 Å². The highest BCUT2D eigenvalue weighted by molar-refractivity contribution is 5.76. The van der Waals surface area contributed by atoms with Crippen molar-refractivity contribution >= 4 is 5.91 Å². The fourth-order valence-corrected chi connectivity index (χ4v) is 3.39. The smallest absolute Gasteiger partial charge is 0.220 e. The molecule has 0 aromatic heterocycles. The van der Waals surface area contributed by atoms with Gasteiger partial charge in [0.05, 0.1) is 24.3 Å². The van der Waals surface area contributed by atoms with Gasteiger partial charge in [-0.25, -0.2) is 0 Å². The van der Waals surface area contributed by atoms with Gasteiger partial charge in [0, 0.05) is 6.42 Å². The molecular weight excluding hydrogens is 336 g/mol. The molecule has 2 aromatic rings. The molecule has 0 bridgehead atoms. The second-order valence-electron chi connectivity index (χ2n) is 7.28. The Bertz CT molecular complexity index is 798. The largest absolute Gasteiger partial charge is 0.494 e. The van der Waals surface area contributed by atoms with E-state index in [-0.39, 0.29) is 11.9 Å². The summed E-state index contributed by atoms with van der Waals surface area (Å²) in [5.74, 6) is 2.03. The minimum absolute atomic E-state index is 0.106. The second-order valence-corrected chi connectivity index (χ2v) is 7.28. The Balaban J connectivity index is 1.40. The van der Waals surface area contributed by atoms with E-state index < -0.39 is 0 Å². The van der Waals surface area contributed by atoms with Crippen LogP contribution in [0.2, 0.25) is 0 Å². The molecule has 0 aliphatic heterocycles. The van der Waals surface area contributed by atoms with Gasteiger partial charge < -0.3 is 10.1 Å². The van der Waals surface area contributed by atoms with Gasteiger partial charge in [0.2, 0.25) is 5.91 Å². The number of hydrogen-bond acceptors (Lipinski definition) is 3. The minimum Gasteiger partial charge on any atom is -0.494 e. The maximum absolute atomic E-state index is 12.4. The average Bonchev–Trinajstić information content (AvgIpc) is 3.43. The van der Waals surface area contributed by atoms with Gasteiger partial charge >= 0.3 is 0 Å². The molecule has 4 nitrogen and oxygen atoms in total. The Morgan fingerprint density at radius 3 is 2.70 bits per heavy atom. The molecule has 1 N–H and O–H groups in total. The maximum Gasteiger partial charge on any atom is 0.220 e. The summed E-state index contributed by atoms with van der Waals surface area (Å²) >= 11 is 0. The van der Waals surface area contributed by atoms with E-state index in [2.05, 4.69) is 30.4 Å². The van der Waals surface area contributed by atoms with E-state index in [1.165, 1.54) is 12.0 Å². The highest BCUT2D eigenvalue weighted by Gasteiger charge is 2.40. The molecule has 1 fully saturated rings. The molecule has 0 heterocycles. The van der Waals surface area contributed by atoms with E-state index in [0.29, 0.717) is 36.2 Å². The number of benzene rings is 2. The molecular formula is C23H26N2O2. The summed E-state index contributed by atoms with van der Waals surface area (Å²) in [5, 5.41) is 12.1. The molecule has 27 heavy (non-hydrogen) atoms. The van der Waals surface area contributed by atoms with Crippen molar-refractivity contribution in [2.24, 2.45) is 11.8 Å². The van der Waals surface area contributed by atoms with Crippen molar-refractivity contribution in [3.63, 3.8) is 0 Å². The van der Waals surface area contributed by atoms with E-state index in [4.69, 9.17) is 10.00 Å². The van der Waals surface area contributed by atoms with Gasteiger partial charge in [-0.3, -0.25) is 4.79 Å². The first kappa shape index (κ1) is 19.0. The standard InChI is InChI=1S/C23H26N2O2/c1-17-14-21(17)23(19-9-3-2-4-10-19)25-22(26)12-5-6-13-27-20-11-7-8-18(15-20)16-24/h2-4,7-11,15,17,21,23H,5-6,12-14H2,1H3,(H,25,26). The molecule has 0 spiro atoms. The van der Waals surface area contributed by atoms with Gasteiger partial charge in [-0.15, -0.1) is 0 Å². The molecule has 0 saturated heterocycles. The first-order valence-electron chi connectivity index (χ1n) is 9.64. The second kappa shape index (κ2) is 9.23. The fraction of sp³-hybridized carbons (Fsp3) is 0.391. The minimum atomic E-state index is 0.106. The van der Waals surface area contributed by atoms with Crippen molar-refractivity contribution in [1.29, 1.82) is 5.26 Å². The topological polar surface area (TPSA) is 62.1 Å². The van der Waals surface area contributed by atoms with Gasteiger partial charge in [-0.2, -0.15) is 5.26 Å². The Kier molecular flexibility index (Phi) is 6.49. The zero-order chi connectivity index (χ0) is 19.1. The molecule has 3 unspecified atom stereocenters. The van der Waals surface area contributed by atoms with Crippen LogP contribution in [0.25, 0.3) is 0 Å². The number of carbonyl (C=O) groups is 1. The van der Waals surface area contributed by atoms with Crippen LogP contribution >= 0.6 is 0 Å². The molecule has 140 valence electrons. The number of nitrogens with one attached hydrogen (secondary N) is 1. The molecule has 1 saturated carbocycles. The zero-order valence-corrected chi connectivity index (χ0v) is 15.7. The number of unbranched alkanes of at least 4 members (excludes halogenated alkanes) is 1. The Morgan fingerprint density at radius 1 is 1.22 bits per heavy atom. The van der Waals surface area contributed by atoms with Crippen molar-refractivity contribution in [2.75, 3.05) is 6.61 Å². The van der Waals surface area contributed by atoms with E-state index in [1.54, 1.807) is 12.1 Å². The predicted octanol–water partition coefficient (Wildman–Crippen LogP) is 4.62. The molecule has 1 aliphatic carbocycles. The van der Waals surface area contributed by atoms with E-state index in [9.17, 15) is 4.79 Å². The Hall–Kier alpha value is -2.80. The van der Waals surface area contributed by atoms with Crippen molar-refractivity contribution in [1.82, 2.24) is 5.32 Å². The summed E-state index contributed by atoms with van der Waals surface area (Å²) in [6, 6.07) is 19.6. The van der Waals surface area contributed by atoms with Crippen molar-refractivity contribution < 1.29 is 9.53 Å². The van der Waals surface area contributed by atoms with E-state index in [0.717, 1.165) is 12.8 Å². The predicted molar refractivity (Wildman–Crippen MR) is 105 cm³/mol. The van der Waals surface area contributed by atoms with Crippen LogP contribution in [0.1, 0.15) is 49.8 Å². The maximum atomic E-state index is 12.4. The summed E-state index contributed by atoms with van der Waals surface area (Å²) in [6.45, 7) is 2.79. The van der Waals surface area contributed by atoms with Gasteiger partial charge in [-0.1, -0.05) is 43.3 Å². The van der Waals surface area contributed by atoms with Crippen molar-refractivity contribution in [2.45, 2.75) is 38.6 Å². The molecule has 1 amide bonds. The Morgan fingerprint density at radius 2 is 2.00 bits per heavy atom. The van der Waals surface area contributed by atoms with E-state index in [1.807, 2.05) is 30.3 Å². The van der Waals surface area contributed by atoms with Crippen LogP contribution in [0.3, 0.4) is 0 Å². The van der Waals surface area contributed by atoms with Crippen LogP contribution in [0.4, 0.5) is 0 Å². The average molecular weight is 362 g/mol. The van der Waals surface area contributed by atoms with Crippen LogP contribution in [0, 0.1) is 23.2 Å². The monoisotopic (exact) mass is 362 g/mol. The summed E-state index contributed by atoms with van der Waals surface area (Å²) in [5.41, 5.74) is 1.79. The fourth-order valence-electron chi connectivity index (χ4n) is 3.39. The van der Waals surface area contributed by atoms with Crippen LogP contribution in [0.15, 0.2) is 54.6 Å². The lowest BCUT2D eigenvalue weighted by Crippen LogP contribution is -2.30. The van der Waals surface area contributed by atoms with Gasteiger partial charge in [0.25, 0.3) is 0 Å². The lowest BCUT2D eigenvalue weighted by Gasteiger charge is -2.19. The molecule has 1 aliphatic rings. The molecule has 3 rings (SSSR count). The molecule has 0 radical (unpaired) electrons. The number of rotatable bonds is 9. The lowest BCUT2D eigenvalue weighted by molar-refractivity contribution is -0.122. The third-order valence-electron chi connectivity index (χ3n) is 5.11. The summed E-state index contributed by atoms with van der Waals surface area (Å²) in [7, 11) is 0. The van der Waals surface area contributed by atoms with Crippen LogP contribution < -0.4 is 10.1 Å². The Labute approximate surface area is 161 Å². The van der Waals surface area contributed by atoms with E-state index >= 15 is 0 Å². The third-order valence-corrected chi connectivity index (χ3v) is 5.11. The summed E-state index contributed by atoms with van der Waals surface area (Å²) < 4.78 is 5.66. The number of nitrogens with zero attached hydrogens (tertiary/aromatic N) is 1. The molecule has 3 atom stereocenters. The third kappa shape index (κ3) is 5.59.